The van der Waals surface area contributed by atoms with E-state index in [2.05, 4.69) is 15.9 Å². The van der Waals surface area contributed by atoms with Crippen molar-refractivity contribution in [1.29, 1.82) is 0 Å². The summed E-state index contributed by atoms with van der Waals surface area (Å²) in [6, 6.07) is 10.3. The van der Waals surface area contributed by atoms with Crippen molar-refractivity contribution in [2.45, 2.75) is 46.6 Å². The van der Waals surface area contributed by atoms with Crippen molar-refractivity contribution < 1.29 is 23.7 Å². The van der Waals surface area contributed by atoms with Crippen LogP contribution in [0, 0.1) is 0 Å². The maximum atomic E-state index is 14.1. The number of carbonyl (C=O) groups excluding carboxylic acids is 1. The quantitative estimate of drug-likeness (QED) is 0.273. The van der Waals surface area contributed by atoms with E-state index in [0.29, 0.717) is 63.1 Å². The molecule has 1 aliphatic rings. The summed E-state index contributed by atoms with van der Waals surface area (Å²) in [7, 11) is 1.57. The molecule has 2 heterocycles. The van der Waals surface area contributed by atoms with Gasteiger partial charge in [0.25, 0.3) is 5.56 Å². The number of halogens is 1. The zero-order valence-electron chi connectivity index (χ0n) is 23.3. The standard InChI is InChI=1S/C30H33BrN2O6S/c1-6-10-21-26(29(35)39-9-4)27(20-17-19(31)12-14-22(20)36-5)33-28(34)25(40-30(33)32-21)16-18-11-13-23(37-7-2)24(15-18)38-8-3/h11-17,27H,6-10H2,1-5H3/b25-16+/t27-/m1/s1. The Bertz CT molecular complexity index is 1610. The number of carbonyl (C=O) groups is 1. The van der Waals surface area contributed by atoms with Crippen molar-refractivity contribution >= 4 is 39.3 Å². The van der Waals surface area contributed by atoms with Crippen LogP contribution in [0.4, 0.5) is 0 Å². The predicted octanol–water partition coefficient (Wildman–Crippen LogP) is 5.15. The molecule has 4 rings (SSSR count). The van der Waals surface area contributed by atoms with E-state index in [4.69, 9.17) is 23.9 Å². The Labute approximate surface area is 245 Å². The summed E-state index contributed by atoms with van der Waals surface area (Å²) in [6.45, 7) is 8.81. The molecule has 0 saturated heterocycles. The zero-order valence-corrected chi connectivity index (χ0v) is 25.7. The first kappa shape index (κ1) is 29.6. The number of hydrogen-bond donors (Lipinski definition) is 0. The molecule has 10 heteroatoms. The van der Waals surface area contributed by atoms with Gasteiger partial charge in [-0.2, -0.15) is 0 Å². The van der Waals surface area contributed by atoms with Gasteiger partial charge in [-0.05, 0) is 69.2 Å². The third kappa shape index (κ3) is 6.02. The van der Waals surface area contributed by atoms with Crippen molar-refractivity contribution in [2.75, 3.05) is 26.9 Å². The van der Waals surface area contributed by atoms with Gasteiger partial charge in [-0.1, -0.05) is 46.7 Å². The minimum Gasteiger partial charge on any atom is -0.496 e. The molecule has 40 heavy (non-hydrogen) atoms. The van der Waals surface area contributed by atoms with Gasteiger partial charge in [0.05, 0.1) is 42.7 Å². The van der Waals surface area contributed by atoms with Crippen molar-refractivity contribution in [2.24, 2.45) is 4.99 Å². The van der Waals surface area contributed by atoms with Gasteiger partial charge in [-0.25, -0.2) is 9.79 Å². The fraction of sp³-hybridized carbons (Fsp3) is 0.367. The molecule has 0 bridgehead atoms. The van der Waals surface area contributed by atoms with Crippen LogP contribution in [0.2, 0.25) is 0 Å². The van der Waals surface area contributed by atoms with Gasteiger partial charge in [0, 0.05) is 10.0 Å². The van der Waals surface area contributed by atoms with Crippen LogP contribution in [-0.2, 0) is 9.53 Å². The van der Waals surface area contributed by atoms with Crippen molar-refractivity contribution in [3.05, 3.63) is 83.0 Å². The number of fused-ring (bicyclic) bond motifs is 1. The number of rotatable bonds is 11. The summed E-state index contributed by atoms with van der Waals surface area (Å²) in [4.78, 5) is 32.8. The summed E-state index contributed by atoms with van der Waals surface area (Å²) < 4.78 is 25.5. The van der Waals surface area contributed by atoms with Gasteiger partial charge in [0.15, 0.2) is 16.3 Å². The van der Waals surface area contributed by atoms with Crippen LogP contribution in [0.25, 0.3) is 6.08 Å². The molecule has 1 aliphatic heterocycles. The van der Waals surface area contributed by atoms with Crippen LogP contribution in [0.3, 0.4) is 0 Å². The number of hydrogen-bond acceptors (Lipinski definition) is 8. The lowest BCUT2D eigenvalue weighted by atomic mass is 9.93. The SMILES string of the molecule is CCCC1=C(C(=O)OCC)[C@@H](c2cc(Br)ccc2OC)n2c(s/c(=C/c3ccc(OCC)c(OCC)c3)c2=O)=N1. The Morgan fingerprint density at radius 3 is 2.42 bits per heavy atom. The molecule has 2 aromatic carbocycles. The Kier molecular flexibility index (Phi) is 9.86. The van der Waals surface area contributed by atoms with Gasteiger partial charge in [0.2, 0.25) is 0 Å². The van der Waals surface area contributed by atoms with E-state index in [0.717, 1.165) is 16.5 Å². The molecule has 212 valence electrons. The second kappa shape index (κ2) is 13.3. The van der Waals surface area contributed by atoms with Crippen LogP contribution >= 0.6 is 27.3 Å². The largest absolute Gasteiger partial charge is 0.496 e. The minimum absolute atomic E-state index is 0.203. The van der Waals surface area contributed by atoms with Crippen molar-refractivity contribution in [3.8, 4) is 17.2 Å². The first-order valence-corrected chi connectivity index (χ1v) is 14.9. The van der Waals surface area contributed by atoms with Gasteiger partial charge >= 0.3 is 5.97 Å². The Balaban J connectivity index is 1.99. The summed E-state index contributed by atoms with van der Waals surface area (Å²) in [5.41, 5.74) is 2.14. The predicted molar refractivity (Wildman–Crippen MR) is 159 cm³/mol. The number of nitrogens with zero attached hydrogens (tertiary/aromatic N) is 2. The summed E-state index contributed by atoms with van der Waals surface area (Å²) in [6.07, 6.45) is 3.14. The second-order valence-electron chi connectivity index (χ2n) is 8.87. The van der Waals surface area contributed by atoms with E-state index >= 15 is 0 Å². The number of aromatic nitrogens is 1. The van der Waals surface area contributed by atoms with E-state index in [9.17, 15) is 9.59 Å². The highest BCUT2D eigenvalue weighted by Gasteiger charge is 2.36. The van der Waals surface area contributed by atoms with E-state index in [1.54, 1.807) is 18.6 Å². The monoisotopic (exact) mass is 628 g/mol. The lowest BCUT2D eigenvalue weighted by molar-refractivity contribution is -0.139. The van der Waals surface area contributed by atoms with Crippen LogP contribution in [-0.4, -0.2) is 37.5 Å². The number of benzene rings is 2. The van der Waals surface area contributed by atoms with Gasteiger partial charge < -0.3 is 18.9 Å². The fourth-order valence-corrected chi connectivity index (χ4v) is 6.04. The van der Waals surface area contributed by atoms with Crippen LogP contribution in [0.5, 0.6) is 17.2 Å². The van der Waals surface area contributed by atoms with E-state index in [-0.39, 0.29) is 12.2 Å². The van der Waals surface area contributed by atoms with Gasteiger partial charge in [-0.15, -0.1) is 0 Å². The molecule has 8 nitrogen and oxygen atoms in total. The molecule has 0 aliphatic carbocycles. The minimum atomic E-state index is -0.772. The van der Waals surface area contributed by atoms with Gasteiger partial charge in [-0.3, -0.25) is 9.36 Å². The lowest BCUT2D eigenvalue weighted by Crippen LogP contribution is -2.40. The Morgan fingerprint density at radius 1 is 1.02 bits per heavy atom. The number of thiazole rings is 1. The molecule has 3 aromatic rings. The summed E-state index contributed by atoms with van der Waals surface area (Å²) in [5.74, 6) is 1.31. The molecule has 0 N–H and O–H groups in total. The molecule has 0 saturated carbocycles. The topological polar surface area (TPSA) is 88.4 Å². The first-order valence-electron chi connectivity index (χ1n) is 13.3. The first-order chi connectivity index (χ1) is 19.4. The van der Waals surface area contributed by atoms with Crippen LogP contribution < -0.4 is 29.1 Å². The Morgan fingerprint density at radius 2 is 1.75 bits per heavy atom. The number of ether oxygens (including phenoxy) is 4. The molecule has 1 aromatic heterocycles. The number of allylic oxidation sites excluding steroid dienone is 1. The average molecular weight is 630 g/mol. The normalized spacial score (nSPS) is 14.9. The highest BCUT2D eigenvalue weighted by molar-refractivity contribution is 9.10. The maximum Gasteiger partial charge on any atom is 0.338 e. The second-order valence-corrected chi connectivity index (χ2v) is 10.8. The zero-order chi connectivity index (χ0) is 28.8. The van der Waals surface area contributed by atoms with Crippen LogP contribution in [0.1, 0.15) is 57.7 Å². The van der Waals surface area contributed by atoms with E-state index in [1.165, 1.54) is 11.3 Å². The smallest absolute Gasteiger partial charge is 0.338 e. The van der Waals surface area contributed by atoms with Crippen LogP contribution in [0.15, 0.2) is 61.9 Å². The number of methoxy groups -OCH3 is 1. The van der Waals surface area contributed by atoms with Crippen molar-refractivity contribution in [1.82, 2.24) is 4.57 Å². The third-order valence-corrected chi connectivity index (χ3v) is 7.72. The molecule has 0 amide bonds. The molecule has 1 atom stereocenters. The maximum absolute atomic E-state index is 14.1. The fourth-order valence-electron chi connectivity index (χ4n) is 4.64. The molecule has 0 spiro atoms. The highest BCUT2D eigenvalue weighted by atomic mass is 79.9. The molecular formula is C30H33BrN2O6S. The molecular weight excluding hydrogens is 596 g/mol. The highest BCUT2D eigenvalue weighted by Crippen LogP contribution is 2.38. The van der Waals surface area contributed by atoms with Crippen molar-refractivity contribution in [3.63, 3.8) is 0 Å². The average Bonchev–Trinajstić information content (AvgIpc) is 3.24. The molecule has 0 radical (unpaired) electrons. The summed E-state index contributed by atoms with van der Waals surface area (Å²) >= 11 is 4.83. The van der Waals surface area contributed by atoms with E-state index < -0.39 is 12.0 Å². The Hall–Kier alpha value is -3.37. The molecule has 0 fully saturated rings. The lowest BCUT2D eigenvalue weighted by Gasteiger charge is -2.27. The van der Waals surface area contributed by atoms with Gasteiger partial charge in [0.1, 0.15) is 11.8 Å². The third-order valence-electron chi connectivity index (χ3n) is 6.24. The number of esters is 1. The molecule has 0 unspecified atom stereocenters. The summed E-state index contributed by atoms with van der Waals surface area (Å²) in [5, 5.41) is 0. The van der Waals surface area contributed by atoms with E-state index in [1.807, 2.05) is 63.2 Å².